The highest BCUT2D eigenvalue weighted by molar-refractivity contribution is 6.29. The summed E-state index contributed by atoms with van der Waals surface area (Å²) in [7, 11) is 0. The molecule has 1 atom stereocenters. The van der Waals surface area contributed by atoms with E-state index in [0.29, 0.717) is 23.1 Å². The Morgan fingerprint density at radius 1 is 1.72 bits per heavy atom. The van der Waals surface area contributed by atoms with E-state index in [2.05, 4.69) is 10.3 Å². The zero-order chi connectivity index (χ0) is 13.5. The molecule has 0 amide bonds. The van der Waals surface area contributed by atoms with Crippen molar-refractivity contribution in [2.24, 2.45) is 0 Å². The Morgan fingerprint density at radius 2 is 2.44 bits per heavy atom. The van der Waals surface area contributed by atoms with Crippen LogP contribution in [0.15, 0.2) is 30.2 Å². The Morgan fingerprint density at radius 3 is 2.94 bits per heavy atom. The molecule has 1 aromatic heterocycles. The molecule has 18 heavy (non-hydrogen) atoms. The molecule has 0 aromatic carbocycles. The SMILES string of the molecule is CCNC(=C[N+](=O)[O-])C(C)Oc1ccc(Cl)nc1. The van der Waals surface area contributed by atoms with E-state index in [1.165, 1.54) is 6.20 Å². The average molecular weight is 272 g/mol. The maximum absolute atomic E-state index is 10.5. The highest BCUT2D eigenvalue weighted by Crippen LogP contribution is 2.15. The third kappa shape index (κ3) is 4.58. The quantitative estimate of drug-likeness (QED) is 0.488. The van der Waals surface area contributed by atoms with Gasteiger partial charge in [-0.1, -0.05) is 11.6 Å². The first-order chi connectivity index (χ1) is 8.52. The van der Waals surface area contributed by atoms with Crippen molar-refractivity contribution in [2.75, 3.05) is 6.54 Å². The van der Waals surface area contributed by atoms with E-state index in [9.17, 15) is 10.1 Å². The summed E-state index contributed by atoms with van der Waals surface area (Å²) in [5.41, 5.74) is 0.400. The third-order valence-electron chi connectivity index (χ3n) is 2.08. The summed E-state index contributed by atoms with van der Waals surface area (Å²) in [6.07, 6.45) is 1.89. The highest BCUT2D eigenvalue weighted by Gasteiger charge is 2.14. The van der Waals surface area contributed by atoms with E-state index in [-0.39, 0.29) is 0 Å². The minimum atomic E-state index is -0.516. The molecule has 1 heterocycles. The van der Waals surface area contributed by atoms with E-state index in [4.69, 9.17) is 16.3 Å². The molecule has 0 fully saturated rings. The number of hydrogen-bond acceptors (Lipinski definition) is 5. The lowest BCUT2D eigenvalue weighted by atomic mass is 10.3. The van der Waals surface area contributed by atoms with Crippen molar-refractivity contribution in [2.45, 2.75) is 20.0 Å². The van der Waals surface area contributed by atoms with Crippen molar-refractivity contribution in [3.8, 4) is 5.75 Å². The maximum atomic E-state index is 10.5. The fourth-order valence-corrected chi connectivity index (χ4v) is 1.42. The Labute approximate surface area is 110 Å². The second-order valence-electron chi connectivity index (χ2n) is 3.48. The molecular weight excluding hydrogens is 258 g/mol. The second-order valence-corrected chi connectivity index (χ2v) is 3.86. The number of nitrogens with one attached hydrogen (secondary N) is 1. The molecule has 0 saturated carbocycles. The maximum Gasteiger partial charge on any atom is 0.257 e. The molecule has 0 saturated heterocycles. The van der Waals surface area contributed by atoms with E-state index >= 15 is 0 Å². The number of likely N-dealkylation sites (N-methyl/N-ethyl adjacent to an activating group) is 1. The molecule has 0 bridgehead atoms. The molecule has 98 valence electrons. The van der Waals surface area contributed by atoms with Crippen LogP contribution >= 0.6 is 11.6 Å². The predicted octanol–water partition coefficient (Wildman–Crippen LogP) is 2.23. The monoisotopic (exact) mass is 271 g/mol. The fraction of sp³-hybridized carbons (Fsp3) is 0.364. The van der Waals surface area contributed by atoms with E-state index in [1.54, 1.807) is 19.1 Å². The molecular formula is C11H14ClN3O3. The van der Waals surface area contributed by atoms with E-state index < -0.39 is 11.0 Å². The average Bonchev–Trinajstić information content (AvgIpc) is 2.31. The van der Waals surface area contributed by atoms with Crippen molar-refractivity contribution in [3.05, 3.63) is 45.5 Å². The van der Waals surface area contributed by atoms with Crippen LogP contribution < -0.4 is 10.1 Å². The smallest absolute Gasteiger partial charge is 0.257 e. The zero-order valence-electron chi connectivity index (χ0n) is 10.1. The molecule has 0 aliphatic carbocycles. The van der Waals surface area contributed by atoms with Crippen LogP contribution in [0.3, 0.4) is 0 Å². The molecule has 0 spiro atoms. The summed E-state index contributed by atoms with van der Waals surface area (Å²) in [5.74, 6) is 0.499. The van der Waals surface area contributed by atoms with Crippen LogP contribution in [0.1, 0.15) is 13.8 Å². The van der Waals surface area contributed by atoms with Crippen LogP contribution in [0.25, 0.3) is 0 Å². The number of aromatic nitrogens is 1. The standard InChI is InChI=1S/C11H14ClN3O3/c1-3-13-10(7-15(16)17)8(2)18-9-4-5-11(12)14-6-9/h4-8,13H,3H2,1-2H3. The van der Waals surface area contributed by atoms with Crippen molar-refractivity contribution in [1.82, 2.24) is 10.3 Å². The van der Waals surface area contributed by atoms with Gasteiger partial charge in [-0.05, 0) is 26.0 Å². The van der Waals surface area contributed by atoms with Gasteiger partial charge >= 0.3 is 0 Å². The van der Waals surface area contributed by atoms with Gasteiger partial charge in [0.1, 0.15) is 22.7 Å². The Hall–Kier alpha value is -1.82. The summed E-state index contributed by atoms with van der Waals surface area (Å²) in [4.78, 5) is 13.8. The van der Waals surface area contributed by atoms with Gasteiger partial charge in [0.05, 0.1) is 11.1 Å². The molecule has 0 radical (unpaired) electrons. The van der Waals surface area contributed by atoms with E-state index in [0.717, 1.165) is 6.20 Å². The van der Waals surface area contributed by atoms with Crippen LogP contribution in [-0.4, -0.2) is 22.6 Å². The first kappa shape index (κ1) is 14.2. The molecule has 6 nitrogen and oxygen atoms in total. The lowest BCUT2D eigenvalue weighted by Crippen LogP contribution is -2.27. The first-order valence-electron chi connectivity index (χ1n) is 5.40. The van der Waals surface area contributed by atoms with Crippen LogP contribution in [-0.2, 0) is 0 Å². The Bertz CT molecular complexity index is 434. The zero-order valence-corrected chi connectivity index (χ0v) is 10.8. The van der Waals surface area contributed by atoms with Gasteiger partial charge in [-0.3, -0.25) is 10.1 Å². The minimum absolute atomic E-state index is 0.364. The first-order valence-corrected chi connectivity index (χ1v) is 5.78. The third-order valence-corrected chi connectivity index (χ3v) is 2.30. The number of hydrogen-bond donors (Lipinski definition) is 1. The minimum Gasteiger partial charge on any atom is -0.483 e. The van der Waals surface area contributed by atoms with Gasteiger partial charge < -0.3 is 10.1 Å². The normalized spacial score (nSPS) is 12.9. The number of nitro groups is 1. The summed E-state index contributed by atoms with van der Waals surface area (Å²) >= 11 is 5.65. The fourth-order valence-electron chi connectivity index (χ4n) is 1.31. The summed E-state index contributed by atoms with van der Waals surface area (Å²) in [6, 6.07) is 3.25. The van der Waals surface area contributed by atoms with Crippen molar-refractivity contribution < 1.29 is 9.66 Å². The lowest BCUT2D eigenvalue weighted by molar-refractivity contribution is -0.404. The molecule has 0 aliphatic heterocycles. The molecule has 1 aromatic rings. The summed E-state index contributed by atoms with van der Waals surface area (Å²) in [6.45, 7) is 4.14. The molecule has 1 unspecified atom stereocenters. The number of nitrogens with zero attached hydrogens (tertiary/aromatic N) is 2. The number of rotatable bonds is 6. The van der Waals surface area contributed by atoms with Gasteiger partial charge in [-0.25, -0.2) is 4.98 Å². The van der Waals surface area contributed by atoms with Gasteiger partial charge in [0, 0.05) is 6.54 Å². The van der Waals surface area contributed by atoms with E-state index in [1.807, 2.05) is 6.92 Å². The predicted molar refractivity (Wildman–Crippen MR) is 68.1 cm³/mol. The van der Waals surface area contributed by atoms with Crippen LogP contribution in [0.4, 0.5) is 0 Å². The van der Waals surface area contributed by atoms with Crippen LogP contribution in [0, 0.1) is 10.1 Å². The van der Waals surface area contributed by atoms with Crippen molar-refractivity contribution in [3.63, 3.8) is 0 Å². The summed E-state index contributed by atoms with van der Waals surface area (Å²) < 4.78 is 5.53. The number of halogens is 1. The Balaban J connectivity index is 2.75. The largest absolute Gasteiger partial charge is 0.483 e. The summed E-state index contributed by atoms with van der Waals surface area (Å²) in [5, 5.41) is 13.7. The molecule has 1 rings (SSSR count). The van der Waals surface area contributed by atoms with Gasteiger partial charge in [-0.2, -0.15) is 0 Å². The lowest BCUT2D eigenvalue weighted by Gasteiger charge is -2.16. The Kier molecular flexibility index (Phi) is 5.38. The number of pyridine rings is 1. The van der Waals surface area contributed by atoms with Crippen molar-refractivity contribution >= 4 is 11.6 Å². The molecule has 1 N–H and O–H groups in total. The van der Waals surface area contributed by atoms with Crippen LogP contribution in [0.2, 0.25) is 5.15 Å². The van der Waals surface area contributed by atoms with Gasteiger partial charge in [0.2, 0.25) is 0 Å². The van der Waals surface area contributed by atoms with Gasteiger partial charge in [-0.15, -0.1) is 0 Å². The number of ether oxygens (including phenoxy) is 1. The molecule has 0 aliphatic rings. The van der Waals surface area contributed by atoms with Crippen LogP contribution in [0.5, 0.6) is 5.75 Å². The van der Waals surface area contributed by atoms with Crippen molar-refractivity contribution in [1.29, 1.82) is 0 Å². The topological polar surface area (TPSA) is 77.3 Å². The second kappa shape index (κ2) is 6.80. The highest BCUT2D eigenvalue weighted by atomic mass is 35.5. The molecule has 7 heteroatoms. The van der Waals surface area contributed by atoms with Gasteiger partial charge in [0.15, 0.2) is 0 Å². The van der Waals surface area contributed by atoms with Gasteiger partial charge in [0.25, 0.3) is 6.20 Å².